The van der Waals surface area contributed by atoms with E-state index < -0.39 is 5.54 Å². The number of aromatic nitrogens is 2. The van der Waals surface area contributed by atoms with Crippen LogP contribution < -0.4 is 5.73 Å². The Morgan fingerprint density at radius 2 is 2.28 bits per heavy atom. The average Bonchev–Trinajstić information content (AvgIpc) is 2.63. The van der Waals surface area contributed by atoms with Crippen LogP contribution in [0.15, 0.2) is 4.52 Å². The van der Waals surface area contributed by atoms with Crippen molar-refractivity contribution in [2.45, 2.75) is 45.4 Å². The van der Waals surface area contributed by atoms with Gasteiger partial charge in [-0.25, -0.2) is 0 Å². The summed E-state index contributed by atoms with van der Waals surface area (Å²) in [6, 6.07) is 0. The molecule has 2 rings (SSSR count). The number of hydrogen-bond acceptors (Lipinski definition) is 6. The van der Waals surface area contributed by atoms with E-state index in [0.29, 0.717) is 18.3 Å². The Bertz CT molecular complexity index is 386. The number of hydrogen-bond donors (Lipinski definition) is 1. The van der Waals surface area contributed by atoms with Gasteiger partial charge in [0.15, 0.2) is 5.82 Å². The maximum atomic E-state index is 5.93. The highest BCUT2D eigenvalue weighted by molar-refractivity contribution is 4.99. The standard InChI is InChI=1S/C12H22N4O2/c1-9-7-16(5-4-6-17-9)8-10-14-11(15-18-10)12(2,3)13/h9H,4-8,13H2,1-3H3. The van der Waals surface area contributed by atoms with Gasteiger partial charge in [-0.05, 0) is 27.2 Å². The van der Waals surface area contributed by atoms with Crippen LogP contribution in [0.2, 0.25) is 0 Å². The lowest BCUT2D eigenvalue weighted by molar-refractivity contribution is 0.0653. The van der Waals surface area contributed by atoms with E-state index in [1.165, 1.54) is 0 Å². The van der Waals surface area contributed by atoms with Crippen LogP contribution in [0, 0.1) is 0 Å². The van der Waals surface area contributed by atoms with Crippen LogP contribution in [0.3, 0.4) is 0 Å². The van der Waals surface area contributed by atoms with Crippen molar-refractivity contribution in [2.75, 3.05) is 19.7 Å². The number of rotatable bonds is 3. The molecule has 1 aromatic rings. The van der Waals surface area contributed by atoms with Crippen LogP contribution >= 0.6 is 0 Å². The van der Waals surface area contributed by atoms with Gasteiger partial charge in [-0.3, -0.25) is 4.90 Å². The van der Waals surface area contributed by atoms with Crippen molar-refractivity contribution < 1.29 is 9.26 Å². The van der Waals surface area contributed by atoms with Gasteiger partial charge in [0.1, 0.15) is 0 Å². The van der Waals surface area contributed by atoms with Gasteiger partial charge in [0.25, 0.3) is 0 Å². The topological polar surface area (TPSA) is 77.4 Å². The quantitative estimate of drug-likeness (QED) is 0.862. The van der Waals surface area contributed by atoms with Crippen LogP contribution in [-0.4, -0.2) is 40.8 Å². The van der Waals surface area contributed by atoms with Crippen LogP contribution in [0.4, 0.5) is 0 Å². The molecule has 1 aromatic heterocycles. The van der Waals surface area contributed by atoms with Crippen molar-refractivity contribution in [2.24, 2.45) is 5.73 Å². The Morgan fingerprint density at radius 1 is 1.50 bits per heavy atom. The lowest BCUT2D eigenvalue weighted by Gasteiger charge is -2.19. The third-order valence-electron chi connectivity index (χ3n) is 2.94. The van der Waals surface area contributed by atoms with E-state index in [1.807, 2.05) is 13.8 Å². The molecule has 6 nitrogen and oxygen atoms in total. The molecule has 0 aliphatic carbocycles. The number of nitrogens with two attached hydrogens (primary N) is 1. The van der Waals surface area contributed by atoms with Crippen LogP contribution in [0.1, 0.15) is 38.9 Å². The van der Waals surface area contributed by atoms with E-state index >= 15 is 0 Å². The Morgan fingerprint density at radius 3 is 2.94 bits per heavy atom. The zero-order chi connectivity index (χ0) is 13.2. The third-order valence-corrected chi connectivity index (χ3v) is 2.94. The molecule has 1 atom stereocenters. The first-order valence-electron chi connectivity index (χ1n) is 6.41. The van der Waals surface area contributed by atoms with Crippen molar-refractivity contribution in [3.8, 4) is 0 Å². The fourth-order valence-corrected chi connectivity index (χ4v) is 2.00. The molecule has 1 unspecified atom stereocenters. The summed E-state index contributed by atoms with van der Waals surface area (Å²) in [5.41, 5.74) is 5.37. The summed E-state index contributed by atoms with van der Waals surface area (Å²) < 4.78 is 10.8. The highest BCUT2D eigenvalue weighted by Gasteiger charge is 2.23. The lowest BCUT2D eigenvalue weighted by atomic mass is 10.1. The molecule has 1 fully saturated rings. The van der Waals surface area contributed by atoms with Crippen molar-refractivity contribution in [1.29, 1.82) is 0 Å². The van der Waals surface area contributed by atoms with Crippen molar-refractivity contribution >= 4 is 0 Å². The number of nitrogens with zero attached hydrogens (tertiary/aromatic N) is 3. The van der Waals surface area contributed by atoms with Gasteiger partial charge < -0.3 is 15.0 Å². The first-order valence-corrected chi connectivity index (χ1v) is 6.41. The third kappa shape index (κ3) is 3.51. The fraction of sp³-hybridized carbons (Fsp3) is 0.833. The molecule has 1 aliphatic rings. The van der Waals surface area contributed by atoms with E-state index in [-0.39, 0.29) is 6.10 Å². The molecule has 0 aromatic carbocycles. The molecule has 2 N–H and O–H groups in total. The molecule has 18 heavy (non-hydrogen) atoms. The maximum absolute atomic E-state index is 5.93. The Hall–Kier alpha value is -0.980. The molecule has 0 radical (unpaired) electrons. The Labute approximate surface area is 107 Å². The minimum atomic E-state index is -0.559. The first kappa shape index (κ1) is 13.5. The molecule has 0 bridgehead atoms. The van der Waals surface area contributed by atoms with E-state index in [1.54, 1.807) is 0 Å². The largest absolute Gasteiger partial charge is 0.377 e. The normalized spacial score (nSPS) is 23.0. The van der Waals surface area contributed by atoms with E-state index in [0.717, 1.165) is 26.1 Å². The highest BCUT2D eigenvalue weighted by Crippen LogP contribution is 2.14. The smallest absolute Gasteiger partial charge is 0.240 e. The molecular formula is C12H22N4O2. The van der Waals surface area contributed by atoms with Gasteiger partial charge >= 0.3 is 0 Å². The maximum Gasteiger partial charge on any atom is 0.240 e. The Balaban J connectivity index is 1.98. The summed E-state index contributed by atoms with van der Waals surface area (Å²) >= 11 is 0. The summed E-state index contributed by atoms with van der Waals surface area (Å²) in [4.78, 5) is 6.62. The summed E-state index contributed by atoms with van der Waals surface area (Å²) in [6.07, 6.45) is 1.29. The molecule has 0 amide bonds. The minimum Gasteiger partial charge on any atom is -0.377 e. The molecular weight excluding hydrogens is 232 g/mol. The molecule has 6 heteroatoms. The second-order valence-corrected chi connectivity index (χ2v) is 5.50. The molecule has 0 spiro atoms. The van der Waals surface area contributed by atoms with Gasteiger partial charge in [0.2, 0.25) is 5.89 Å². The van der Waals surface area contributed by atoms with Crippen LogP contribution in [-0.2, 0) is 16.8 Å². The zero-order valence-corrected chi connectivity index (χ0v) is 11.3. The first-order chi connectivity index (χ1) is 8.45. The van der Waals surface area contributed by atoms with Crippen LogP contribution in [0.25, 0.3) is 0 Å². The van der Waals surface area contributed by atoms with Crippen molar-refractivity contribution in [3.05, 3.63) is 11.7 Å². The molecule has 1 aliphatic heterocycles. The predicted octanol–water partition coefficient (Wildman–Crippen LogP) is 0.874. The zero-order valence-electron chi connectivity index (χ0n) is 11.3. The van der Waals surface area contributed by atoms with E-state index in [2.05, 4.69) is 22.0 Å². The van der Waals surface area contributed by atoms with Gasteiger partial charge in [0.05, 0.1) is 18.2 Å². The predicted molar refractivity (Wildman–Crippen MR) is 66.8 cm³/mol. The molecule has 102 valence electrons. The summed E-state index contributed by atoms with van der Waals surface area (Å²) in [6.45, 7) is 9.19. The van der Waals surface area contributed by atoms with Gasteiger partial charge in [0, 0.05) is 19.7 Å². The highest BCUT2D eigenvalue weighted by atomic mass is 16.5. The molecule has 2 heterocycles. The summed E-state index contributed by atoms with van der Waals surface area (Å²) in [5, 5.41) is 3.93. The fourth-order valence-electron chi connectivity index (χ4n) is 2.00. The second-order valence-electron chi connectivity index (χ2n) is 5.50. The number of ether oxygens (including phenoxy) is 1. The second kappa shape index (κ2) is 5.34. The van der Waals surface area contributed by atoms with Gasteiger partial charge in [-0.2, -0.15) is 4.98 Å². The van der Waals surface area contributed by atoms with E-state index in [9.17, 15) is 0 Å². The van der Waals surface area contributed by atoms with Crippen molar-refractivity contribution in [1.82, 2.24) is 15.0 Å². The average molecular weight is 254 g/mol. The Kier molecular flexibility index (Phi) is 3.99. The minimum absolute atomic E-state index is 0.251. The molecule has 0 saturated carbocycles. The monoisotopic (exact) mass is 254 g/mol. The van der Waals surface area contributed by atoms with Crippen molar-refractivity contribution in [3.63, 3.8) is 0 Å². The van der Waals surface area contributed by atoms with Gasteiger partial charge in [-0.15, -0.1) is 0 Å². The summed E-state index contributed by atoms with van der Waals surface area (Å²) in [5.74, 6) is 1.18. The summed E-state index contributed by atoms with van der Waals surface area (Å²) in [7, 11) is 0. The van der Waals surface area contributed by atoms with Gasteiger partial charge in [-0.1, -0.05) is 5.16 Å². The lowest BCUT2D eigenvalue weighted by Crippen LogP contribution is -2.31. The van der Waals surface area contributed by atoms with Crippen LogP contribution in [0.5, 0.6) is 0 Å². The molecule has 1 saturated heterocycles. The van der Waals surface area contributed by atoms with E-state index in [4.69, 9.17) is 15.0 Å². The SMILES string of the molecule is CC1CN(Cc2nc(C(C)(C)N)no2)CCCO1.